The summed E-state index contributed by atoms with van der Waals surface area (Å²) in [4.78, 5) is 15.8. The number of piperidine rings is 1. The molecule has 2 unspecified atom stereocenters. The third-order valence-electron chi connectivity index (χ3n) is 3.76. The average Bonchev–Trinajstić information content (AvgIpc) is 2.50. The minimum Gasteiger partial charge on any atom is -0.352 e. The molecule has 2 heterocycles. The highest BCUT2D eigenvalue weighted by atomic mass is 32.2. The number of carbonyl (C=O) groups excluding carboxylic acids is 1. The summed E-state index contributed by atoms with van der Waals surface area (Å²) < 4.78 is 26.3. The van der Waals surface area contributed by atoms with Crippen LogP contribution in [0.15, 0.2) is 29.4 Å². The molecule has 1 amide bonds. The van der Waals surface area contributed by atoms with E-state index < -0.39 is 10.0 Å². The maximum atomic E-state index is 12.0. The smallest absolute Gasteiger partial charge is 0.242 e. The minimum atomic E-state index is -3.60. The highest BCUT2D eigenvalue weighted by Gasteiger charge is 2.22. The van der Waals surface area contributed by atoms with E-state index in [4.69, 9.17) is 0 Å². The Morgan fingerprint density at radius 1 is 1.50 bits per heavy atom. The fourth-order valence-corrected chi connectivity index (χ4v) is 3.35. The number of aromatic nitrogens is 1. The zero-order valence-electron chi connectivity index (χ0n) is 12.6. The molecule has 0 saturated carbocycles. The maximum absolute atomic E-state index is 12.0. The summed E-state index contributed by atoms with van der Waals surface area (Å²) in [6.07, 6.45) is 3.92. The molecule has 22 heavy (non-hydrogen) atoms. The molecule has 0 radical (unpaired) electrons. The SMILES string of the molecule is CC1CCNCC1NC(=O)CCNS(=O)(=O)c1cccnc1. The van der Waals surface area contributed by atoms with Crippen LogP contribution in [0.25, 0.3) is 0 Å². The summed E-state index contributed by atoms with van der Waals surface area (Å²) >= 11 is 0. The lowest BCUT2D eigenvalue weighted by Crippen LogP contribution is -2.50. The van der Waals surface area contributed by atoms with Crippen LogP contribution < -0.4 is 15.4 Å². The highest BCUT2D eigenvalue weighted by Crippen LogP contribution is 2.11. The molecular formula is C14H22N4O3S. The Labute approximate surface area is 131 Å². The predicted octanol–water partition coefficient (Wildman–Crippen LogP) is -0.136. The Bertz CT molecular complexity index is 591. The van der Waals surface area contributed by atoms with Crippen LogP contribution in [0.5, 0.6) is 0 Å². The van der Waals surface area contributed by atoms with Gasteiger partial charge < -0.3 is 10.6 Å². The van der Waals surface area contributed by atoms with Gasteiger partial charge in [0, 0.05) is 37.9 Å². The van der Waals surface area contributed by atoms with Crippen molar-refractivity contribution in [3.8, 4) is 0 Å². The first-order valence-corrected chi connectivity index (χ1v) is 8.87. The van der Waals surface area contributed by atoms with Gasteiger partial charge in [-0.15, -0.1) is 0 Å². The van der Waals surface area contributed by atoms with Gasteiger partial charge in [0.05, 0.1) is 0 Å². The van der Waals surface area contributed by atoms with Crippen LogP contribution in [-0.2, 0) is 14.8 Å². The lowest BCUT2D eigenvalue weighted by atomic mass is 9.95. The number of hydrogen-bond acceptors (Lipinski definition) is 5. The van der Waals surface area contributed by atoms with Crippen molar-refractivity contribution in [2.45, 2.75) is 30.7 Å². The number of sulfonamides is 1. The molecule has 122 valence electrons. The van der Waals surface area contributed by atoms with Crippen molar-refractivity contribution in [1.29, 1.82) is 0 Å². The molecule has 2 atom stereocenters. The van der Waals surface area contributed by atoms with Gasteiger partial charge in [0.2, 0.25) is 15.9 Å². The van der Waals surface area contributed by atoms with E-state index in [1.54, 1.807) is 6.07 Å². The van der Waals surface area contributed by atoms with Crippen molar-refractivity contribution in [3.63, 3.8) is 0 Å². The number of nitrogens with one attached hydrogen (secondary N) is 3. The molecule has 1 aliphatic heterocycles. The first-order chi connectivity index (χ1) is 10.5. The number of carbonyl (C=O) groups is 1. The Hall–Kier alpha value is -1.51. The largest absolute Gasteiger partial charge is 0.352 e. The van der Waals surface area contributed by atoms with Crippen molar-refractivity contribution >= 4 is 15.9 Å². The van der Waals surface area contributed by atoms with Gasteiger partial charge in [-0.1, -0.05) is 6.92 Å². The quantitative estimate of drug-likeness (QED) is 0.676. The fraction of sp³-hybridized carbons (Fsp3) is 0.571. The van der Waals surface area contributed by atoms with Gasteiger partial charge in [-0.2, -0.15) is 0 Å². The van der Waals surface area contributed by atoms with Crippen molar-refractivity contribution < 1.29 is 13.2 Å². The van der Waals surface area contributed by atoms with Crippen molar-refractivity contribution in [3.05, 3.63) is 24.5 Å². The third-order valence-corrected chi connectivity index (χ3v) is 5.21. The molecule has 1 aromatic rings. The lowest BCUT2D eigenvalue weighted by Gasteiger charge is -2.30. The molecule has 1 aliphatic rings. The van der Waals surface area contributed by atoms with Gasteiger partial charge in [-0.25, -0.2) is 13.1 Å². The standard InChI is InChI=1S/C14H22N4O3S/c1-11-4-7-16-10-13(11)18-14(19)5-8-17-22(20,21)12-3-2-6-15-9-12/h2-3,6,9,11,13,16-17H,4-5,7-8,10H2,1H3,(H,18,19). The number of amides is 1. The van der Waals surface area contributed by atoms with E-state index in [0.29, 0.717) is 5.92 Å². The Morgan fingerprint density at radius 2 is 2.32 bits per heavy atom. The second kappa shape index (κ2) is 7.66. The maximum Gasteiger partial charge on any atom is 0.242 e. The number of nitrogens with zero attached hydrogens (tertiary/aromatic N) is 1. The van der Waals surface area contributed by atoms with Crippen molar-refractivity contribution in [1.82, 2.24) is 20.3 Å². The Kier molecular flexibility index (Phi) is 5.87. The van der Waals surface area contributed by atoms with Crippen LogP contribution in [-0.4, -0.2) is 45.0 Å². The molecule has 1 fully saturated rings. The molecule has 2 rings (SSSR count). The monoisotopic (exact) mass is 326 g/mol. The van der Waals surface area contributed by atoms with Gasteiger partial charge in [-0.05, 0) is 31.0 Å². The van der Waals surface area contributed by atoms with Crippen LogP contribution in [0.4, 0.5) is 0 Å². The summed E-state index contributed by atoms with van der Waals surface area (Å²) in [5, 5.41) is 6.19. The summed E-state index contributed by atoms with van der Waals surface area (Å²) in [6.45, 7) is 3.90. The topological polar surface area (TPSA) is 100 Å². The normalized spacial score (nSPS) is 22.2. The van der Waals surface area contributed by atoms with Crippen LogP contribution >= 0.6 is 0 Å². The number of rotatable bonds is 6. The predicted molar refractivity (Wildman–Crippen MR) is 82.6 cm³/mol. The molecule has 3 N–H and O–H groups in total. The fourth-order valence-electron chi connectivity index (χ4n) is 2.35. The van der Waals surface area contributed by atoms with Gasteiger partial charge in [0.15, 0.2) is 0 Å². The van der Waals surface area contributed by atoms with Crippen LogP contribution in [0.3, 0.4) is 0 Å². The summed E-state index contributed by atoms with van der Waals surface area (Å²) in [7, 11) is -3.60. The first kappa shape index (κ1) is 16.9. The second-order valence-electron chi connectivity index (χ2n) is 5.48. The molecule has 0 aliphatic carbocycles. The van der Waals surface area contributed by atoms with Crippen molar-refractivity contribution in [2.24, 2.45) is 5.92 Å². The average molecular weight is 326 g/mol. The Morgan fingerprint density at radius 3 is 3.00 bits per heavy atom. The molecule has 0 bridgehead atoms. The first-order valence-electron chi connectivity index (χ1n) is 7.39. The second-order valence-corrected chi connectivity index (χ2v) is 7.25. The zero-order chi connectivity index (χ0) is 16.0. The highest BCUT2D eigenvalue weighted by molar-refractivity contribution is 7.89. The summed E-state index contributed by atoms with van der Waals surface area (Å²) in [6, 6.07) is 3.12. The van der Waals surface area contributed by atoms with E-state index in [1.807, 2.05) is 0 Å². The van der Waals surface area contributed by atoms with E-state index in [1.165, 1.54) is 18.5 Å². The zero-order valence-corrected chi connectivity index (χ0v) is 13.4. The number of hydrogen-bond donors (Lipinski definition) is 3. The van der Waals surface area contributed by atoms with E-state index >= 15 is 0 Å². The van der Waals surface area contributed by atoms with Crippen LogP contribution in [0, 0.1) is 5.92 Å². The molecule has 0 aromatic carbocycles. The van der Waals surface area contributed by atoms with Gasteiger partial charge in [0.1, 0.15) is 4.90 Å². The number of pyridine rings is 1. The van der Waals surface area contributed by atoms with Crippen molar-refractivity contribution in [2.75, 3.05) is 19.6 Å². The summed E-state index contributed by atoms with van der Waals surface area (Å²) in [5.74, 6) is 0.284. The molecule has 8 heteroatoms. The molecule has 1 aromatic heterocycles. The summed E-state index contributed by atoms with van der Waals surface area (Å²) in [5.41, 5.74) is 0. The van der Waals surface area contributed by atoms with Crippen LogP contribution in [0.2, 0.25) is 0 Å². The van der Waals surface area contributed by atoms with Gasteiger partial charge in [-0.3, -0.25) is 9.78 Å². The lowest BCUT2D eigenvalue weighted by molar-refractivity contribution is -0.122. The van der Waals surface area contributed by atoms with E-state index in [-0.39, 0.29) is 29.8 Å². The van der Waals surface area contributed by atoms with E-state index in [9.17, 15) is 13.2 Å². The molecule has 0 spiro atoms. The molecule has 7 nitrogen and oxygen atoms in total. The van der Waals surface area contributed by atoms with Gasteiger partial charge >= 0.3 is 0 Å². The Balaban J connectivity index is 1.77. The van der Waals surface area contributed by atoms with Gasteiger partial charge in [0.25, 0.3) is 0 Å². The molecule has 1 saturated heterocycles. The van der Waals surface area contributed by atoms with Crippen LogP contribution in [0.1, 0.15) is 19.8 Å². The molecular weight excluding hydrogens is 304 g/mol. The minimum absolute atomic E-state index is 0.0671. The van der Waals surface area contributed by atoms with E-state index in [0.717, 1.165) is 19.5 Å². The third kappa shape index (κ3) is 4.75. The van der Waals surface area contributed by atoms with E-state index in [2.05, 4.69) is 27.3 Å².